The van der Waals surface area contributed by atoms with Gasteiger partial charge in [-0.05, 0) is 18.9 Å². The van der Waals surface area contributed by atoms with Crippen LogP contribution in [0.4, 0.5) is 11.5 Å². The van der Waals surface area contributed by atoms with Gasteiger partial charge in [0.25, 0.3) is 0 Å². The molecule has 1 aliphatic carbocycles. The summed E-state index contributed by atoms with van der Waals surface area (Å²) < 4.78 is 5.09. The van der Waals surface area contributed by atoms with Gasteiger partial charge in [-0.1, -0.05) is 19.3 Å². The molecule has 0 unspecified atom stereocenters. The molecular weight excluding hydrogens is 202 g/mol. The molecular formula is C12H19N3O. The molecule has 1 fully saturated rings. The number of nitrogens with zero attached hydrogens (tertiary/aromatic N) is 1. The molecule has 16 heavy (non-hydrogen) atoms. The number of methoxy groups -OCH3 is 1. The molecule has 88 valence electrons. The van der Waals surface area contributed by atoms with Gasteiger partial charge in [-0.2, -0.15) is 4.98 Å². The van der Waals surface area contributed by atoms with Crippen molar-refractivity contribution in [3.8, 4) is 5.88 Å². The van der Waals surface area contributed by atoms with Crippen molar-refractivity contribution in [2.24, 2.45) is 0 Å². The fraction of sp³-hybridized carbons (Fsp3) is 0.583. The number of pyridine rings is 1. The molecule has 0 bridgehead atoms. The van der Waals surface area contributed by atoms with Gasteiger partial charge in [-0.25, -0.2) is 0 Å². The van der Waals surface area contributed by atoms with E-state index in [-0.39, 0.29) is 0 Å². The Morgan fingerprint density at radius 1 is 1.31 bits per heavy atom. The predicted octanol–water partition coefficient (Wildman–Crippen LogP) is 2.42. The fourth-order valence-corrected chi connectivity index (χ4v) is 2.12. The number of nitrogen functional groups attached to an aromatic ring is 1. The number of hydrogen-bond donors (Lipinski definition) is 2. The zero-order valence-corrected chi connectivity index (χ0v) is 9.70. The molecule has 1 aromatic rings. The summed E-state index contributed by atoms with van der Waals surface area (Å²) in [4.78, 5) is 4.33. The molecule has 0 radical (unpaired) electrons. The van der Waals surface area contributed by atoms with E-state index in [4.69, 9.17) is 10.5 Å². The molecule has 4 heteroatoms. The number of aromatic nitrogens is 1. The highest BCUT2D eigenvalue weighted by atomic mass is 16.5. The quantitative estimate of drug-likeness (QED) is 0.823. The van der Waals surface area contributed by atoms with Gasteiger partial charge in [0, 0.05) is 12.1 Å². The maximum Gasteiger partial charge on any atom is 0.215 e. The van der Waals surface area contributed by atoms with Crippen LogP contribution in [-0.4, -0.2) is 18.1 Å². The summed E-state index contributed by atoms with van der Waals surface area (Å²) >= 11 is 0. The fourth-order valence-electron chi connectivity index (χ4n) is 2.12. The SMILES string of the molecule is COc1ccc(N)c(NC2CCCCC2)n1. The van der Waals surface area contributed by atoms with Crippen molar-refractivity contribution in [3.63, 3.8) is 0 Å². The highest BCUT2D eigenvalue weighted by molar-refractivity contribution is 5.62. The van der Waals surface area contributed by atoms with Crippen molar-refractivity contribution >= 4 is 11.5 Å². The van der Waals surface area contributed by atoms with E-state index >= 15 is 0 Å². The zero-order chi connectivity index (χ0) is 11.4. The molecule has 1 heterocycles. The van der Waals surface area contributed by atoms with Crippen molar-refractivity contribution in [2.75, 3.05) is 18.2 Å². The van der Waals surface area contributed by atoms with Crippen molar-refractivity contribution < 1.29 is 4.74 Å². The number of anilines is 2. The number of rotatable bonds is 3. The van der Waals surface area contributed by atoms with E-state index in [1.165, 1.54) is 32.1 Å². The molecule has 0 aromatic carbocycles. The van der Waals surface area contributed by atoms with Crippen LogP contribution in [-0.2, 0) is 0 Å². The van der Waals surface area contributed by atoms with Gasteiger partial charge in [-0.15, -0.1) is 0 Å². The lowest BCUT2D eigenvalue weighted by atomic mass is 9.95. The Labute approximate surface area is 96.2 Å². The van der Waals surface area contributed by atoms with Gasteiger partial charge < -0.3 is 15.8 Å². The highest BCUT2D eigenvalue weighted by Gasteiger charge is 2.14. The molecule has 0 amide bonds. The van der Waals surface area contributed by atoms with E-state index in [0.717, 1.165) is 5.82 Å². The number of ether oxygens (including phenoxy) is 1. The van der Waals surface area contributed by atoms with Crippen molar-refractivity contribution in [1.29, 1.82) is 0 Å². The average molecular weight is 221 g/mol. The molecule has 4 nitrogen and oxygen atoms in total. The number of nitrogens with two attached hydrogens (primary N) is 1. The topological polar surface area (TPSA) is 60.2 Å². The van der Waals surface area contributed by atoms with E-state index in [0.29, 0.717) is 17.6 Å². The maximum absolute atomic E-state index is 5.88. The van der Waals surface area contributed by atoms with Crippen LogP contribution in [0.2, 0.25) is 0 Å². The van der Waals surface area contributed by atoms with E-state index in [1.807, 2.05) is 6.07 Å². The zero-order valence-electron chi connectivity index (χ0n) is 9.70. The Bertz CT molecular complexity index is 348. The minimum Gasteiger partial charge on any atom is -0.481 e. The third-order valence-corrected chi connectivity index (χ3v) is 3.06. The molecule has 2 rings (SSSR count). The van der Waals surface area contributed by atoms with Crippen molar-refractivity contribution in [1.82, 2.24) is 4.98 Å². The monoisotopic (exact) mass is 221 g/mol. The highest BCUT2D eigenvalue weighted by Crippen LogP contribution is 2.25. The second kappa shape index (κ2) is 5.05. The first kappa shape index (κ1) is 11.0. The van der Waals surface area contributed by atoms with E-state index < -0.39 is 0 Å². The lowest BCUT2D eigenvalue weighted by Gasteiger charge is -2.24. The normalized spacial score (nSPS) is 17.1. The Hall–Kier alpha value is -1.45. The number of nitrogens with one attached hydrogen (secondary N) is 1. The molecule has 1 aromatic heterocycles. The smallest absolute Gasteiger partial charge is 0.215 e. The second-order valence-corrected chi connectivity index (χ2v) is 4.27. The third-order valence-electron chi connectivity index (χ3n) is 3.06. The molecule has 0 saturated heterocycles. The maximum atomic E-state index is 5.88. The molecule has 1 aliphatic rings. The van der Waals surface area contributed by atoms with E-state index in [1.54, 1.807) is 13.2 Å². The van der Waals surface area contributed by atoms with Crippen LogP contribution in [0.3, 0.4) is 0 Å². The first-order valence-electron chi connectivity index (χ1n) is 5.86. The summed E-state index contributed by atoms with van der Waals surface area (Å²) in [7, 11) is 1.61. The van der Waals surface area contributed by atoms with Gasteiger partial charge in [0.2, 0.25) is 5.88 Å². The van der Waals surface area contributed by atoms with Crippen molar-refractivity contribution in [3.05, 3.63) is 12.1 Å². The molecule has 0 aliphatic heterocycles. The first-order chi connectivity index (χ1) is 7.79. The van der Waals surface area contributed by atoms with Gasteiger partial charge in [-0.3, -0.25) is 0 Å². The van der Waals surface area contributed by atoms with Crippen LogP contribution in [0.5, 0.6) is 5.88 Å². The summed E-state index contributed by atoms with van der Waals surface area (Å²) in [6.45, 7) is 0. The van der Waals surface area contributed by atoms with E-state index in [2.05, 4.69) is 10.3 Å². The Morgan fingerprint density at radius 2 is 2.06 bits per heavy atom. The molecule has 0 atom stereocenters. The van der Waals surface area contributed by atoms with Crippen LogP contribution < -0.4 is 15.8 Å². The standard InChI is InChI=1S/C12H19N3O/c1-16-11-8-7-10(13)12(15-11)14-9-5-3-2-4-6-9/h7-9H,2-6,13H2,1H3,(H,14,15). The average Bonchev–Trinajstić information content (AvgIpc) is 2.33. The van der Waals surface area contributed by atoms with Crippen LogP contribution in [0.1, 0.15) is 32.1 Å². The van der Waals surface area contributed by atoms with Crippen LogP contribution >= 0.6 is 0 Å². The van der Waals surface area contributed by atoms with Crippen LogP contribution in [0.25, 0.3) is 0 Å². The number of hydrogen-bond acceptors (Lipinski definition) is 4. The Morgan fingerprint density at radius 3 is 2.75 bits per heavy atom. The second-order valence-electron chi connectivity index (χ2n) is 4.27. The minimum absolute atomic E-state index is 0.510. The summed E-state index contributed by atoms with van der Waals surface area (Å²) in [6, 6.07) is 4.12. The molecule has 0 spiro atoms. The van der Waals surface area contributed by atoms with Gasteiger partial charge in [0.1, 0.15) is 0 Å². The van der Waals surface area contributed by atoms with Gasteiger partial charge in [0.15, 0.2) is 5.82 Å². The summed E-state index contributed by atoms with van der Waals surface area (Å²) in [5.41, 5.74) is 6.57. The molecule has 1 saturated carbocycles. The van der Waals surface area contributed by atoms with Crippen LogP contribution in [0, 0.1) is 0 Å². The van der Waals surface area contributed by atoms with E-state index in [9.17, 15) is 0 Å². The lowest BCUT2D eigenvalue weighted by molar-refractivity contribution is 0.398. The van der Waals surface area contributed by atoms with Gasteiger partial charge >= 0.3 is 0 Å². The minimum atomic E-state index is 0.510. The summed E-state index contributed by atoms with van der Waals surface area (Å²) in [5, 5.41) is 3.41. The Balaban J connectivity index is 2.06. The van der Waals surface area contributed by atoms with Gasteiger partial charge in [0.05, 0.1) is 12.8 Å². The Kier molecular flexibility index (Phi) is 3.49. The first-order valence-corrected chi connectivity index (χ1v) is 5.86. The summed E-state index contributed by atoms with van der Waals surface area (Å²) in [6.07, 6.45) is 6.35. The lowest BCUT2D eigenvalue weighted by Crippen LogP contribution is -2.23. The summed E-state index contributed by atoms with van der Waals surface area (Å²) in [5.74, 6) is 1.36. The largest absolute Gasteiger partial charge is 0.481 e. The molecule has 3 N–H and O–H groups in total. The van der Waals surface area contributed by atoms with Crippen molar-refractivity contribution in [2.45, 2.75) is 38.1 Å². The van der Waals surface area contributed by atoms with Crippen LogP contribution in [0.15, 0.2) is 12.1 Å². The third kappa shape index (κ3) is 2.56. The predicted molar refractivity (Wildman–Crippen MR) is 65.7 cm³/mol.